The van der Waals surface area contributed by atoms with Crippen LogP contribution in [-0.2, 0) is 0 Å². The molecular formula is C19H22N2OS. The minimum atomic E-state index is -0.244. The van der Waals surface area contributed by atoms with E-state index in [0.29, 0.717) is 0 Å². The van der Waals surface area contributed by atoms with Crippen LogP contribution < -0.4 is 10.6 Å². The van der Waals surface area contributed by atoms with E-state index < -0.39 is 0 Å². The highest BCUT2D eigenvalue weighted by Crippen LogP contribution is 2.33. The Bertz CT molecular complexity index is 675. The van der Waals surface area contributed by atoms with Crippen molar-refractivity contribution < 1.29 is 4.79 Å². The van der Waals surface area contributed by atoms with Gasteiger partial charge >= 0.3 is 6.03 Å². The number of carbonyl (C=O) groups is 1. The van der Waals surface area contributed by atoms with Crippen molar-refractivity contribution in [2.45, 2.75) is 30.6 Å². The van der Waals surface area contributed by atoms with Crippen LogP contribution in [0.2, 0.25) is 0 Å². The lowest BCUT2D eigenvalue weighted by Crippen LogP contribution is -2.24. The topological polar surface area (TPSA) is 41.1 Å². The van der Waals surface area contributed by atoms with Crippen LogP contribution in [0.25, 0.3) is 0 Å². The zero-order chi connectivity index (χ0) is 16.7. The molecule has 0 heterocycles. The van der Waals surface area contributed by atoms with E-state index in [9.17, 15) is 4.79 Å². The Morgan fingerprint density at radius 3 is 2.35 bits per heavy atom. The number of carbonyl (C=O) groups excluding carboxylic acids is 1. The molecule has 0 aliphatic carbocycles. The smallest absolute Gasteiger partial charge is 0.315 e. The summed E-state index contributed by atoms with van der Waals surface area (Å²) in [7, 11) is 0. The normalized spacial score (nSPS) is 11.4. The van der Waals surface area contributed by atoms with E-state index in [1.165, 1.54) is 0 Å². The molecule has 0 bridgehead atoms. The monoisotopic (exact) mass is 326 g/mol. The van der Waals surface area contributed by atoms with Crippen molar-refractivity contribution in [2.75, 3.05) is 5.32 Å². The number of benzene rings is 2. The molecule has 23 heavy (non-hydrogen) atoms. The number of amides is 2. The molecule has 2 amide bonds. The Hall–Kier alpha value is -2.20. The van der Waals surface area contributed by atoms with Crippen molar-refractivity contribution >= 4 is 23.5 Å². The molecule has 0 saturated carbocycles. The molecule has 2 aromatic carbocycles. The van der Waals surface area contributed by atoms with E-state index >= 15 is 0 Å². The van der Waals surface area contributed by atoms with Gasteiger partial charge in [-0.2, -0.15) is 0 Å². The number of para-hydroxylation sites is 1. The van der Waals surface area contributed by atoms with Crippen molar-refractivity contribution in [3.63, 3.8) is 0 Å². The van der Waals surface area contributed by atoms with Gasteiger partial charge in [-0.05, 0) is 29.7 Å². The lowest BCUT2D eigenvalue weighted by Gasteiger charge is -2.12. The van der Waals surface area contributed by atoms with Gasteiger partial charge < -0.3 is 10.6 Å². The Balaban J connectivity index is 2.03. The molecule has 0 saturated heterocycles. The van der Waals surface area contributed by atoms with E-state index in [1.807, 2.05) is 60.7 Å². The van der Waals surface area contributed by atoms with Gasteiger partial charge in [-0.15, -0.1) is 0 Å². The van der Waals surface area contributed by atoms with Gasteiger partial charge in [0.15, 0.2) is 0 Å². The van der Waals surface area contributed by atoms with E-state index in [2.05, 4.69) is 31.4 Å². The van der Waals surface area contributed by atoms with Crippen LogP contribution in [0.5, 0.6) is 0 Å². The lowest BCUT2D eigenvalue weighted by atomic mass is 9.97. The number of nitrogens with one attached hydrogen (secondary N) is 2. The van der Waals surface area contributed by atoms with Crippen LogP contribution in [-0.4, -0.2) is 6.03 Å². The molecular weight excluding hydrogens is 304 g/mol. The number of hydrogen-bond donors (Lipinski definition) is 2. The van der Waals surface area contributed by atoms with Crippen molar-refractivity contribution in [3.8, 4) is 0 Å². The Labute approximate surface area is 142 Å². The first kappa shape index (κ1) is 17.2. The highest BCUT2D eigenvalue weighted by atomic mass is 32.2. The summed E-state index contributed by atoms with van der Waals surface area (Å²) in [4.78, 5) is 14.2. The summed E-state index contributed by atoms with van der Waals surface area (Å²) in [5.41, 5.74) is 0.831. The number of rotatable bonds is 4. The summed E-state index contributed by atoms with van der Waals surface area (Å²) >= 11 is 1.62. The van der Waals surface area contributed by atoms with Gasteiger partial charge in [0.1, 0.15) is 0 Å². The molecule has 0 unspecified atom stereocenters. The molecule has 2 rings (SSSR count). The van der Waals surface area contributed by atoms with Gasteiger partial charge in [0.2, 0.25) is 0 Å². The molecule has 0 spiro atoms. The third-order valence-corrected chi connectivity index (χ3v) is 3.99. The maximum absolute atomic E-state index is 12.0. The molecule has 120 valence electrons. The molecule has 3 nitrogen and oxygen atoms in total. The van der Waals surface area contributed by atoms with Crippen molar-refractivity contribution in [2.24, 2.45) is 5.41 Å². The summed E-state index contributed by atoms with van der Waals surface area (Å²) in [6, 6.07) is 17.6. The fraction of sp³-hybridized carbons (Fsp3) is 0.211. The van der Waals surface area contributed by atoms with E-state index in [1.54, 1.807) is 18.0 Å². The fourth-order valence-corrected chi connectivity index (χ4v) is 2.72. The highest BCUT2D eigenvalue weighted by Gasteiger charge is 2.08. The summed E-state index contributed by atoms with van der Waals surface area (Å²) in [5.74, 6) is 0. The zero-order valence-electron chi connectivity index (χ0n) is 13.7. The molecule has 0 aromatic heterocycles. The van der Waals surface area contributed by atoms with Crippen LogP contribution in [0.4, 0.5) is 10.5 Å². The first-order valence-electron chi connectivity index (χ1n) is 7.51. The first-order chi connectivity index (χ1) is 10.9. The second kappa shape index (κ2) is 7.88. The van der Waals surface area contributed by atoms with E-state index in [-0.39, 0.29) is 11.4 Å². The highest BCUT2D eigenvalue weighted by molar-refractivity contribution is 7.99. The van der Waals surface area contributed by atoms with Crippen LogP contribution in [0, 0.1) is 5.41 Å². The van der Waals surface area contributed by atoms with Crippen LogP contribution >= 0.6 is 11.8 Å². The molecule has 2 aromatic rings. The average molecular weight is 326 g/mol. The zero-order valence-corrected chi connectivity index (χ0v) is 14.5. The number of urea groups is 1. The molecule has 0 aliphatic heterocycles. The third-order valence-electron chi connectivity index (χ3n) is 2.90. The second-order valence-corrected chi connectivity index (χ2v) is 7.32. The quantitative estimate of drug-likeness (QED) is 0.777. The number of allylic oxidation sites excluding steroid dienone is 1. The molecule has 0 radical (unpaired) electrons. The third kappa shape index (κ3) is 6.20. The summed E-state index contributed by atoms with van der Waals surface area (Å²) in [6.45, 7) is 6.23. The van der Waals surface area contributed by atoms with Gasteiger partial charge in [0.25, 0.3) is 0 Å². The van der Waals surface area contributed by atoms with Crippen LogP contribution in [0.3, 0.4) is 0 Å². The second-order valence-electron chi connectivity index (χ2n) is 6.21. The Morgan fingerprint density at radius 2 is 1.65 bits per heavy atom. The van der Waals surface area contributed by atoms with Gasteiger partial charge in [0, 0.05) is 16.0 Å². The molecule has 0 fully saturated rings. The minimum Gasteiger partial charge on any atom is -0.315 e. The number of anilines is 1. The standard InChI is InChI=1S/C19H22N2OS/c1-19(2,3)13-14-20-18(22)21-16-11-7-8-12-17(16)23-15-9-5-4-6-10-15/h4-14H,1-3H3,(H2,20,21,22)/b14-13+. The summed E-state index contributed by atoms with van der Waals surface area (Å²) < 4.78 is 0. The molecule has 4 heteroatoms. The van der Waals surface area contributed by atoms with Crippen molar-refractivity contribution in [1.29, 1.82) is 0 Å². The molecule has 0 atom stereocenters. The largest absolute Gasteiger partial charge is 0.323 e. The minimum absolute atomic E-state index is 0.0361. The average Bonchev–Trinajstić information content (AvgIpc) is 2.49. The predicted molar refractivity (Wildman–Crippen MR) is 97.8 cm³/mol. The van der Waals surface area contributed by atoms with E-state index in [4.69, 9.17) is 0 Å². The Kier molecular flexibility index (Phi) is 5.88. The van der Waals surface area contributed by atoms with Crippen LogP contribution in [0.15, 0.2) is 76.7 Å². The lowest BCUT2D eigenvalue weighted by molar-refractivity contribution is 0.255. The first-order valence-corrected chi connectivity index (χ1v) is 8.33. The van der Waals surface area contributed by atoms with Gasteiger partial charge in [-0.25, -0.2) is 4.79 Å². The maximum Gasteiger partial charge on any atom is 0.323 e. The van der Waals surface area contributed by atoms with Gasteiger partial charge in [0.05, 0.1) is 5.69 Å². The van der Waals surface area contributed by atoms with E-state index in [0.717, 1.165) is 15.5 Å². The number of hydrogen-bond acceptors (Lipinski definition) is 2. The summed E-state index contributed by atoms with van der Waals surface area (Å²) in [6.07, 6.45) is 3.64. The maximum atomic E-state index is 12.0. The SMILES string of the molecule is CC(C)(C)/C=C/NC(=O)Nc1ccccc1Sc1ccccc1. The predicted octanol–water partition coefficient (Wildman–Crippen LogP) is 5.52. The fourth-order valence-electron chi connectivity index (χ4n) is 1.80. The van der Waals surface area contributed by atoms with Crippen molar-refractivity contribution in [3.05, 3.63) is 66.9 Å². The van der Waals surface area contributed by atoms with Gasteiger partial charge in [-0.3, -0.25) is 0 Å². The van der Waals surface area contributed by atoms with Crippen LogP contribution in [0.1, 0.15) is 20.8 Å². The summed E-state index contributed by atoms with van der Waals surface area (Å²) in [5, 5.41) is 5.63. The molecule has 2 N–H and O–H groups in total. The van der Waals surface area contributed by atoms with Crippen molar-refractivity contribution in [1.82, 2.24) is 5.32 Å². The van der Waals surface area contributed by atoms with Gasteiger partial charge in [-0.1, -0.05) is 68.9 Å². The molecule has 0 aliphatic rings. The Morgan fingerprint density at radius 1 is 1.00 bits per heavy atom.